The van der Waals surface area contributed by atoms with E-state index in [9.17, 15) is 5.11 Å². The van der Waals surface area contributed by atoms with Crippen molar-refractivity contribution in [1.82, 2.24) is 5.32 Å². The molecule has 0 unspecified atom stereocenters. The van der Waals surface area contributed by atoms with E-state index >= 15 is 0 Å². The fourth-order valence-corrected chi connectivity index (χ4v) is 2.65. The Morgan fingerprint density at radius 1 is 1.33 bits per heavy atom. The van der Waals surface area contributed by atoms with Gasteiger partial charge in [-0.2, -0.15) is 0 Å². The van der Waals surface area contributed by atoms with Crippen LogP contribution in [0.3, 0.4) is 0 Å². The lowest BCUT2D eigenvalue weighted by molar-refractivity contribution is -0.0199. The minimum absolute atomic E-state index is 0.406. The number of hydrogen-bond donors (Lipinski definition) is 2. The third-order valence-corrected chi connectivity index (χ3v) is 3.75. The summed E-state index contributed by atoms with van der Waals surface area (Å²) in [5.41, 5.74) is -0.406. The molecule has 0 aliphatic heterocycles. The first-order valence-electron chi connectivity index (χ1n) is 6.29. The van der Waals surface area contributed by atoms with Gasteiger partial charge in [0.15, 0.2) is 0 Å². The number of hydrogen-bond acceptors (Lipinski definition) is 3. The summed E-state index contributed by atoms with van der Waals surface area (Å²) in [7, 11) is 0. The Hall–Kier alpha value is -0.120. The summed E-state index contributed by atoms with van der Waals surface area (Å²) in [5, 5.41) is 13.6. The molecular formula is C12H23NO2. The second-order valence-corrected chi connectivity index (χ2v) is 5.06. The monoisotopic (exact) mass is 213 g/mol. The maximum atomic E-state index is 10.1. The molecule has 0 spiro atoms. The Morgan fingerprint density at radius 2 is 2.00 bits per heavy atom. The van der Waals surface area contributed by atoms with E-state index in [2.05, 4.69) is 5.32 Å². The highest BCUT2D eigenvalue weighted by molar-refractivity contribution is 4.91. The molecule has 0 saturated heterocycles. The average molecular weight is 213 g/mol. The molecule has 3 nitrogen and oxygen atoms in total. The fourth-order valence-electron chi connectivity index (χ4n) is 2.65. The predicted molar refractivity (Wildman–Crippen MR) is 59.9 cm³/mol. The van der Waals surface area contributed by atoms with Gasteiger partial charge in [0, 0.05) is 19.2 Å². The summed E-state index contributed by atoms with van der Waals surface area (Å²) in [6, 6.07) is 0.575. The first kappa shape index (κ1) is 11.4. The minimum atomic E-state index is -0.406. The molecule has 2 aliphatic rings. The summed E-state index contributed by atoms with van der Waals surface area (Å²) in [6.45, 7) is 3.64. The summed E-state index contributed by atoms with van der Waals surface area (Å²) in [4.78, 5) is 0. The summed E-state index contributed by atoms with van der Waals surface area (Å²) in [6.07, 6.45) is 7.01. The molecular weight excluding hydrogens is 190 g/mol. The van der Waals surface area contributed by atoms with Crippen LogP contribution < -0.4 is 5.32 Å². The Labute approximate surface area is 92.2 Å². The van der Waals surface area contributed by atoms with Gasteiger partial charge >= 0.3 is 0 Å². The van der Waals surface area contributed by atoms with Crippen molar-refractivity contribution < 1.29 is 9.84 Å². The van der Waals surface area contributed by atoms with Crippen molar-refractivity contribution in [3.63, 3.8) is 0 Å². The highest BCUT2D eigenvalue weighted by atomic mass is 16.5. The van der Waals surface area contributed by atoms with Gasteiger partial charge < -0.3 is 15.2 Å². The lowest BCUT2D eigenvalue weighted by atomic mass is 9.88. The van der Waals surface area contributed by atoms with Crippen LogP contribution in [-0.2, 0) is 4.74 Å². The van der Waals surface area contributed by atoms with Crippen LogP contribution in [0.2, 0.25) is 0 Å². The van der Waals surface area contributed by atoms with E-state index in [1.807, 2.05) is 6.92 Å². The fraction of sp³-hybridized carbons (Fsp3) is 1.00. The number of rotatable bonds is 5. The summed E-state index contributed by atoms with van der Waals surface area (Å²) in [5.74, 6) is 0. The molecule has 2 fully saturated rings. The molecule has 2 rings (SSSR count). The van der Waals surface area contributed by atoms with Crippen LogP contribution in [0.25, 0.3) is 0 Å². The molecule has 0 heterocycles. The van der Waals surface area contributed by atoms with E-state index in [1.165, 1.54) is 12.8 Å². The van der Waals surface area contributed by atoms with Gasteiger partial charge in [0.05, 0.1) is 11.7 Å². The van der Waals surface area contributed by atoms with Gasteiger partial charge in [0.1, 0.15) is 0 Å². The Kier molecular flexibility index (Phi) is 3.65. The standard InChI is InChI=1S/C12H23NO2/c1-2-15-11-7-10(8-11)13-9-12(14)5-3-4-6-12/h10-11,13-14H,2-9H2,1H3. The largest absolute Gasteiger partial charge is 0.389 e. The second-order valence-electron chi connectivity index (χ2n) is 5.06. The molecule has 0 amide bonds. The Balaban J connectivity index is 1.59. The van der Waals surface area contributed by atoms with E-state index in [-0.39, 0.29) is 0 Å². The van der Waals surface area contributed by atoms with Crippen LogP contribution in [0.1, 0.15) is 45.4 Å². The van der Waals surface area contributed by atoms with E-state index < -0.39 is 5.60 Å². The van der Waals surface area contributed by atoms with Gasteiger partial charge in [-0.3, -0.25) is 0 Å². The van der Waals surface area contributed by atoms with E-state index in [1.54, 1.807) is 0 Å². The van der Waals surface area contributed by atoms with Crippen LogP contribution in [0.5, 0.6) is 0 Å². The van der Waals surface area contributed by atoms with Gasteiger partial charge in [0.25, 0.3) is 0 Å². The summed E-state index contributed by atoms with van der Waals surface area (Å²) >= 11 is 0. The molecule has 2 aliphatic carbocycles. The SMILES string of the molecule is CCOC1CC(NCC2(O)CCCC2)C1. The third kappa shape index (κ3) is 2.92. The zero-order chi connectivity index (χ0) is 10.7. The molecule has 88 valence electrons. The zero-order valence-electron chi connectivity index (χ0n) is 9.67. The summed E-state index contributed by atoms with van der Waals surface area (Å²) < 4.78 is 5.50. The zero-order valence-corrected chi connectivity index (χ0v) is 9.67. The maximum Gasteiger partial charge on any atom is 0.0771 e. The Bertz CT molecular complexity index is 196. The molecule has 15 heavy (non-hydrogen) atoms. The van der Waals surface area contributed by atoms with Gasteiger partial charge in [-0.25, -0.2) is 0 Å². The molecule has 0 aromatic heterocycles. The highest BCUT2D eigenvalue weighted by Crippen LogP contribution is 2.30. The van der Waals surface area contributed by atoms with E-state index in [0.29, 0.717) is 12.1 Å². The molecule has 0 aromatic carbocycles. The van der Waals surface area contributed by atoms with Gasteiger partial charge in [-0.15, -0.1) is 0 Å². The average Bonchev–Trinajstić information content (AvgIpc) is 2.57. The van der Waals surface area contributed by atoms with Crippen molar-refractivity contribution in [1.29, 1.82) is 0 Å². The van der Waals surface area contributed by atoms with Crippen molar-refractivity contribution in [3.8, 4) is 0 Å². The maximum absolute atomic E-state index is 10.1. The van der Waals surface area contributed by atoms with Gasteiger partial charge in [-0.1, -0.05) is 12.8 Å². The number of nitrogens with one attached hydrogen (secondary N) is 1. The minimum Gasteiger partial charge on any atom is -0.389 e. The first-order chi connectivity index (χ1) is 7.22. The van der Waals surface area contributed by atoms with Crippen LogP contribution >= 0.6 is 0 Å². The highest BCUT2D eigenvalue weighted by Gasteiger charge is 2.34. The lowest BCUT2D eigenvalue weighted by Crippen LogP contribution is -2.50. The third-order valence-electron chi connectivity index (χ3n) is 3.75. The van der Waals surface area contributed by atoms with Crippen molar-refractivity contribution >= 4 is 0 Å². The number of ether oxygens (including phenoxy) is 1. The van der Waals surface area contributed by atoms with Gasteiger partial charge in [-0.05, 0) is 32.6 Å². The van der Waals surface area contributed by atoms with Crippen molar-refractivity contribution in [2.45, 2.75) is 63.2 Å². The van der Waals surface area contributed by atoms with Crippen LogP contribution in [0.15, 0.2) is 0 Å². The number of aliphatic hydroxyl groups is 1. The van der Waals surface area contributed by atoms with E-state index in [4.69, 9.17) is 4.74 Å². The molecule has 3 heteroatoms. The second kappa shape index (κ2) is 4.81. The van der Waals surface area contributed by atoms with Crippen LogP contribution in [0, 0.1) is 0 Å². The lowest BCUT2D eigenvalue weighted by Gasteiger charge is -2.37. The topological polar surface area (TPSA) is 41.5 Å². The molecule has 0 aromatic rings. The molecule has 0 radical (unpaired) electrons. The van der Waals surface area contributed by atoms with E-state index in [0.717, 1.165) is 38.8 Å². The molecule has 2 saturated carbocycles. The van der Waals surface area contributed by atoms with Gasteiger partial charge in [0.2, 0.25) is 0 Å². The molecule has 0 atom stereocenters. The molecule has 2 N–H and O–H groups in total. The quantitative estimate of drug-likeness (QED) is 0.726. The first-order valence-corrected chi connectivity index (χ1v) is 6.29. The van der Waals surface area contributed by atoms with Crippen molar-refractivity contribution in [2.75, 3.05) is 13.2 Å². The Morgan fingerprint density at radius 3 is 2.60 bits per heavy atom. The normalized spacial score (nSPS) is 34.0. The van der Waals surface area contributed by atoms with Crippen molar-refractivity contribution in [3.05, 3.63) is 0 Å². The van der Waals surface area contributed by atoms with Crippen LogP contribution in [0.4, 0.5) is 0 Å². The smallest absolute Gasteiger partial charge is 0.0771 e. The van der Waals surface area contributed by atoms with Crippen molar-refractivity contribution in [2.24, 2.45) is 0 Å². The molecule has 0 bridgehead atoms. The van der Waals surface area contributed by atoms with Crippen LogP contribution in [-0.4, -0.2) is 36.0 Å². The predicted octanol–water partition coefficient (Wildman–Crippen LogP) is 1.45.